The number of nitro benzene ring substituents is 1. The summed E-state index contributed by atoms with van der Waals surface area (Å²) >= 11 is 2.98. The highest BCUT2D eigenvalue weighted by Crippen LogP contribution is 2.32. The number of nitriles is 1. The molecule has 1 aromatic rings. The molecule has 0 spiro atoms. The van der Waals surface area contributed by atoms with E-state index in [0.717, 1.165) is 6.07 Å². The van der Waals surface area contributed by atoms with E-state index in [-0.39, 0.29) is 22.3 Å². The van der Waals surface area contributed by atoms with Gasteiger partial charge < -0.3 is 4.90 Å². The van der Waals surface area contributed by atoms with Crippen LogP contribution in [-0.4, -0.2) is 18.5 Å². The molecule has 0 heterocycles. The highest BCUT2D eigenvalue weighted by molar-refractivity contribution is 9.10. The van der Waals surface area contributed by atoms with Crippen molar-refractivity contribution in [1.29, 1.82) is 5.26 Å². The minimum Gasteiger partial charge on any atom is -0.368 e. The van der Waals surface area contributed by atoms with Gasteiger partial charge in [-0.25, -0.2) is 4.39 Å². The molecule has 0 saturated heterocycles. The Kier molecular flexibility index (Phi) is 4.40. The molecule has 90 valence electrons. The molecule has 7 heteroatoms. The molecule has 0 aliphatic rings. The second kappa shape index (κ2) is 5.59. The number of nitro groups is 1. The van der Waals surface area contributed by atoms with E-state index in [9.17, 15) is 14.5 Å². The zero-order valence-corrected chi connectivity index (χ0v) is 10.6. The number of anilines is 1. The number of halogens is 2. The van der Waals surface area contributed by atoms with Crippen LogP contribution in [0.4, 0.5) is 15.8 Å². The SMILES string of the molecule is CN(CCC#N)c1cc(Br)c(F)cc1[N+](=O)[O-]. The molecular weight excluding hydrogens is 293 g/mol. The Balaban J connectivity index is 3.17. The smallest absolute Gasteiger partial charge is 0.295 e. The summed E-state index contributed by atoms with van der Waals surface area (Å²) in [5.41, 5.74) is -0.0373. The van der Waals surface area contributed by atoms with Crippen LogP contribution in [0.5, 0.6) is 0 Å². The largest absolute Gasteiger partial charge is 0.368 e. The van der Waals surface area contributed by atoms with Crippen molar-refractivity contribution in [3.8, 4) is 6.07 Å². The molecule has 0 amide bonds. The van der Waals surface area contributed by atoms with Gasteiger partial charge in [-0.3, -0.25) is 10.1 Å². The second-order valence-electron chi connectivity index (χ2n) is 3.34. The van der Waals surface area contributed by atoms with Gasteiger partial charge in [-0.05, 0) is 22.0 Å². The molecular formula is C10H9BrFN3O2. The van der Waals surface area contributed by atoms with Crippen molar-refractivity contribution in [2.24, 2.45) is 0 Å². The number of hydrogen-bond donors (Lipinski definition) is 0. The fourth-order valence-electron chi connectivity index (χ4n) is 1.32. The summed E-state index contributed by atoms with van der Waals surface area (Å²) in [5, 5.41) is 19.3. The Labute approximate surface area is 106 Å². The van der Waals surface area contributed by atoms with E-state index >= 15 is 0 Å². The average Bonchev–Trinajstić information content (AvgIpc) is 2.28. The van der Waals surface area contributed by atoms with Crippen LogP contribution in [-0.2, 0) is 0 Å². The van der Waals surface area contributed by atoms with Gasteiger partial charge in [0.05, 0.1) is 28.0 Å². The van der Waals surface area contributed by atoms with E-state index in [1.54, 1.807) is 11.9 Å². The van der Waals surface area contributed by atoms with Crippen molar-refractivity contribution in [2.45, 2.75) is 6.42 Å². The van der Waals surface area contributed by atoms with Gasteiger partial charge in [-0.15, -0.1) is 0 Å². The lowest BCUT2D eigenvalue weighted by molar-refractivity contribution is -0.384. The van der Waals surface area contributed by atoms with Gasteiger partial charge >= 0.3 is 0 Å². The van der Waals surface area contributed by atoms with Crippen molar-refractivity contribution < 1.29 is 9.31 Å². The van der Waals surface area contributed by atoms with Crippen LogP contribution >= 0.6 is 15.9 Å². The van der Waals surface area contributed by atoms with E-state index < -0.39 is 10.7 Å². The predicted molar refractivity (Wildman–Crippen MR) is 64.3 cm³/mol. The first-order valence-electron chi connectivity index (χ1n) is 4.69. The van der Waals surface area contributed by atoms with E-state index in [2.05, 4.69) is 15.9 Å². The third kappa shape index (κ3) is 3.14. The lowest BCUT2D eigenvalue weighted by atomic mass is 10.2. The summed E-state index contributed by atoms with van der Waals surface area (Å²) in [7, 11) is 1.62. The first kappa shape index (κ1) is 13.4. The summed E-state index contributed by atoms with van der Waals surface area (Å²) in [6.45, 7) is 0.343. The fraction of sp³-hybridized carbons (Fsp3) is 0.300. The normalized spacial score (nSPS) is 9.76. The molecule has 0 radical (unpaired) electrons. The van der Waals surface area contributed by atoms with E-state index in [1.807, 2.05) is 6.07 Å². The van der Waals surface area contributed by atoms with Crippen molar-refractivity contribution in [2.75, 3.05) is 18.5 Å². The van der Waals surface area contributed by atoms with Gasteiger partial charge in [0.2, 0.25) is 0 Å². The topological polar surface area (TPSA) is 70.2 Å². The quantitative estimate of drug-likeness (QED) is 0.633. The van der Waals surface area contributed by atoms with Gasteiger partial charge in [-0.2, -0.15) is 5.26 Å². The van der Waals surface area contributed by atoms with Gasteiger partial charge in [0.25, 0.3) is 5.69 Å². The Morgan fingerprint density at radius 1 is 1.65 bits per heavy atom. The molecule has 0 N–H and O–H groups in total. The Morgan fingerprint density at radius 2 is 2.29 bits per heavy atom. The minimum atomic E-state index is -0.686. The number of rotatable bonds is 4. The summed E-state index contributed by atoms with van der Waals surface area (Å²) in [6.07, 6.45) is 0.239. The van der Waals surface area contributed by atoms with E-state index in [1.165, 1.54) is 6.07 Å². The average molecular weight is 302 g/mol. The summed E-state index contributed by atoms with van der Waals surface area (Å²) in [5.74, 6) is -0.686. The summed E-state index contributed by atoms with van der Waals surface area (Å²) in [6, 6.07) is 4.15. The third-order valence-electron chi connectivity index (χ3n) is 2.18. The molecule has 5 nitrogen and oxygen atoms in total. The third-order valence-corrected chi connectivity index (χ3v) is 2.79. The monoisotopic (exact) mass is 301 g/mol. The molecule has 0 aromatic heterocycles. The van der Waals surface area contributed by atoms with E-state index in [0.29, 0.717) is 6.54 Å². The first-order chi connectivity index (χ1) is 7.97. The van der Waals surface area contributed by atoms with Crippen LogP contribution in [0.15, 0.2) is 16.6 Å². The second-order valence-corrected chi connectivity index (χ2v) is 4.20. The van der Waals surface area contributed by atoms with Crippen LogP contribution in [0, 0.1) is 27.3 Å². The highest BCUT2D eigenvalue weighted by Gasteiger charge is 2.20. The van der Waals surface area contributed by atoms with E-state index in [4.69, 9.17) is 5.26 Å². The molecule has 0 aliphatic heterocycles. The maximum Gasteiger partial charge on any atom is 0.295 e. The Hall–Kier alpha value is -1.68. The molecule has 0 bridgehead atoms. The van der Waals surface area contributed by atoms with Crippen LogP contribution in [0.3, 0.4) is 0 Å². The van der Waals surface area contributed by atoms with Gasteiger partial charge in [0, 0.05) is 13.6 Å². The molecule has 0 atom stereocenters. The standard InChI is InChI=1S/C10H9BrFN3O2/c1-14(4-2-3-13)9-5-7(11)8(12)6-10(9)15(16)17/h5-6H,2,4H2,1H3. The lowest BCUT2D eigenvalue weighted by Gasteiger charge is -2.17. The minimum absolute atomic E-state index is 0.155. The van der Waals surface area contributed by atoms with Gasteiger partial charge in [0.1, 0.15) is 11.5 Å². The molecule has 1 aromatic carbocycles. The van der Waals surface area contributed by atoms with Crippen LogP contribution in [0.25, 0.3) is 0 Å². The number of nitrogens with zero attached hydrogens (tertiary/aromatic N) is 3. The molecule has 0 fully saturated rings. The first-order valence-corrected chi connectivity index (χ1v) is 5.48. The van der Waals surface area contributed by atoms with Crippen molar-refractivity contribution in [3.05, 3.63) is 32.5 Å². The van der Waals surface area contributed by atoms with Crippen LogP contribution in [0.2, 0.25) is 0 Å². The summed E-state index contributed by atoms with van der Waals surface area (Å²) in [4.78, 5) is 11.7. The maximum absolute atomic E-state index is 13.2. The maximum atomic E-state index is 13.2. The van der Waals surface area contributed by atoms with Crippen LogP contribution < -0.4 is 4.90 Å². The van der Waals surface area contributed by atoms with Gasteiger partial charge in [-0.1, -0.05) is 0 Å². The molecule has 1 rings (SSSR count). The number of benzene rings is 1. The predicted octanol–water partition coefficient (Wildman–Crippen LogP) is 2.85. The lowest BCUT2D eigenvalue weighted by Crippen LogP contribution is -2.19. The van der Waals surface area contributed by atoms with Crippen molar-refractivity contribution in [3.63, 3.8) is 0 Å². The highest BCUT2D eigenvalue weighted by atomic mass is 79.9. The van der Waals surface area contributed by atoms with Gasteiger partial charge in [0.15, 0.2) is 0 Å². The molecule has 0 unspecified atom stereocenters. The zero-order valence-electron chi connectivity index (χ0n) is 8.98. The zero-order chi connectivity index (χ0) is 13.0. The Morgan fingerprint density at radius 3 is 2.82 bits per heavy atom. The molecule has 17 heavy (non-hydrogen) atoms. The molecule has 0 saturated carbocycles. The number of hydrogen-bond acceptors (Lipinski definition) is 4. The van der Waals surface area contributed by atoms with Crippen LogP contribution in [0.1, 0.15) is 6.42 Å². The fourth-order valence-corrected chi connectivity index (χ4v) is 1.65. The Bertz CT molecular complexity index is 487. The molecule has 0 aliphatic carbocycles. The van der Waals surface area contributed by atoms with Crippen molar-refractivity contribution >= 4 is 27.3 Å². The summed E-state index contributed by atoms with van der Waals surface area (Å²) < 4.78 is 13.4. The van der Waals surface area contributed by atoms with Crippen molar-refractivity contribution in [1.82, 2.24) is 0 Å².